The third-order valence-corrected chi connectivity index (χ3v) is 1.90. The smallest absolute Gasteiger partial charge is 0.412 e. The summed E-state index contributed by atoms with van der Waals surface area (Å²) in [5.74, 6) is 0. The molecule has 1 heterocycles. The van der Waals surface area contributed by atoms with Gasteiger partial charge in [0.1, 0.15) is 5.60 Å². The van der Waals surface area contributed by atoms with E-state index in [0.29, 0.717) is 11.3 Å². The van der Waals surface area contributed by atoms with E-state index in [1.165, 1.54) is 12.4 Å². The van der Waals surface area contributed by atoms with Gasteiger partial charge < -0.3 is 4.74 Å². The Morgan fingerprint density at radius 2 is 2.24 bits per heavy atom. The number of carbonyl (C=O) groups excluding carboxylic acids is 1. The Labute approximate surface area is 100 Å². The summed E-state index contributed by atoms with van der Waals surface area (Å²) in [6, 6.07) is 1.62. The van der Waals surface area contributed by atoms with Crippen molar-refractivity contribution in [2.75, 3.05) is 12.0 Å². The number of ether oxygens (including phenoxy) is 1. The van der Waals surface area contributed by atoms with Crippen LogP contribution in [0.4, 0.5) is 14.9 Å². The van der Waals surface area contributed by atoms with Crippen LogP contribution >= 0.6 is 0 Å². The minimum Gasteiger partial charge on any atom is -0.444 e. The monoisotopic (exact) mass is 240 g/mol. The molecule has 5 heteroatoms. The highest BCUT2D eigenvalue weighted by Gasteiger charge is 2.17. The van der Waals surface area contributed by atoms with Crippen LogP contribution in [0.5, 0.6) is 0 Å². The van der Waals surface area contributed by atoms with Crippen LogP contribution in [0.25, 0.3) is 0 Å². The summed E-state index contributed by atoms with van der Waals surface area (Å²) in [6.45, 7) is 4.85. The predicted molar refractivity (Wildman–Crippen MR) is 63.8 cm³/mol. The van der Waals surface area contributed by atoms with E-state index < -0.39 is 18.4 Å². The van der Waals surface area contributed by atoms with E-state index in [1.54, 1.807) is 26.8 Å². The first-order valence-corrected chi connectivity index (χ1v) is 5.41. The quantitative estimate of drug-likeness (QED) is 0.883. The molecule has 1 amide bonds. The summed E-state index contributed by atoms with van der Waals surface area (Å²) < 4.78 is 17.4. The first-order valence-electron chi connectivity index (χ1n) is 5.41. The van der Waals surface area contributed by atoms with Gasteiger partial charge in [0.15, 0.2) is 0 Å². The van der Waals surface area contributed by atoms with Gasteiger partial charge in [-0.15, -0.1) is 0 Å². The Kier molecular flexibility index (Phi) is 4.43. The lowest BCUT2D eigenvalue weighted by Gasteiger charge is -2.20. The van der Waals surface area contributed by atoms with Gasteiger partial charge in [0.05, 0.1) is 12.4 Å². The first kappa shape index (κ1) is 13.4. The first-order chi connectivity index (χ1) is 7.92. The van der Waals surface area contributed by atoms with Crippen molar-refractivity contribution < 1.29 is 13.9 Å². The van der Waals surface area contributed by atoms with Crippen molar-refractivity contribution in [2.24, 2.45) is 0 Å². The molecule has 94 valence electrons. The van der Waals surface area contributed by atoms with E-state index in [1.807, 2.05) is 0 Å². The summed E-state index contributed by atoms with van der Waals surface area (Å²) in [5.41, 5.74) is 0.630. The number of aryl methyl sites for hydroxylation is 1. The van der Waals surface area contributed by atoms with Crippen LogP contribution < -0.4 is 5.32 Å². The zero-order valence-electron chi connectivity index (χ0n) is 10.3. The number of amides is 1. The zero-order valence-corrected chi connectivity index (χ0v) is 10.3. The molecular weight excluding hydrogens is 223 g/mol. The van der Waals surface area contributed by atoms with Crippen LogP contribution in [0.3, 0.4) is 0 Å². The number of hydrogen-bond acceptors (Lipinski definition) is 3. The Balaban J connectivity index is 2.71. The SMILES string of the molecule is CC(C)(C)OC(=O)Nc1ccncc1CCF. The lowest BCUT2D eigenvalue weighted by molar-refractivity contribution is 0.0635. The number of nitrogens with one attached hydrogen (secondary N) is 1. The Hall–Kier alpha value is -1.65. The molecular formula is C12H17FN2O2. The van der Waals surface area contributed by atoms with Gasteiger partial charge in [-0.3, -0.25) is 14.7 Å². The number of halogens is 1. The highest BCUT2D eigenvalue weighted by Crippen LogP contribution is 2.16. The molecule has 0 spiro atoms. The molecule has 0 unspecified atom stereocenters. The van der Waals surface area contributed by atoms with Crippen molar-refractivity contribution in [1.29, 1.82) is 0 Å². The minimum absolute atomic E-state index is 0.221. The Morgan fingerprint density at radius 1 is 1.53 bits per heavy atom. The molecule has 4 nitrogen and oxygen atoms in total. The van der Waals surface area contributed by atoms with Gasteiger partial charge in [-0.25, -0.2) is 4.79 Å². The standard InChI is InChI=1S/C12H17FN2O2/c1-12(2,3)17-11(16)15-10-5-7-14-8-9(10)4-6-13/h5,7-8H,4,6H2,1-3H3,(H,14,15,16). The van der Waals surface area contributed by atoms with E-state index in [4.69, 9.17) is 4.74 Å². The number of pyridine rings is 1. The number of carbonyl (C=O) groups is 1. The highest BCUT2D eigenvalue weighted by atomic mass is 19.1. The number of anilines is 1. The second kappa shape index (κ2) is 5.61. The topological polar surface area (TPSA) is 51.2 Å². The van der Waals surface area contributed by atoms with Crippen LogP contribution in [0, 0.1) is 0 Å². The fourth-order valence-corrected chi connectivity index (χ4v) is 1.26. The molecule has 17 heavy (non-hydrogen) atoms. The molecule has 1 rings (SSSR count). The fourth-order valence-electron chi connectivity index (χ4n) is 1.26. The highest BCUT2D eigenvalue weighted by molar-refractivity contribution is 5.85. The van der Waals surface area contributed by atoms with Crippen LogP contribution in [-0.4, -0.2) is 23.4 Å². The maximum Gasteiger partial charge on any atom is 0.412 e. The summed E-state index contributed by atoms with van der Waals surface area (Å²) in [5, 5.41) is 2.58. The number of alkyl halides is 1. The summed E-state index contributed by atoms with van der Waals surface area (Å²) in [6.07, 6.45) is 2.74. The molecule has 1 aromatic rings. The van der Waals surface area contributed by atoms with E-state index in [-0.39, 0.29) is 6.42 Å². The predicted octanol–water partition coefficient (Wildman–Crippen LogP) is 2.94. The molecule has 0 aliphatic carbocycles. The molecule has 0 bridgehead atoms. The maximum absolute atomic E-state index is 12.3. The molecule has 0 saturated carbocycles. The summed E-state index contributed by atoms with van der Waals surface area (Å²) >= 11 is 0. The molecule has 0 aliphatic heterocycles. The molecule has 0 saturated heterocycles. The van der Waals surface area contributed by atoms with Gasteiger partial charge in [0.25, 0.3) is 0 Å². The molecule has 0 fully saturated rings. The molecule has 0 aliphatic rings. The van der Waals surface area contributed by atoms with Crippen molar-refractivity contribution in [1.82, 2.24) is 4.98 Å². The number of hydrogen-bond donors (Lipinski definition) is 1. The largest absolute Gasteiger partial charge is 0.444 e. The fraction of sp³-hybridized carbons (Fsp3) is 0.500. The van der Waals surface area contributed by atoms with Gasteiger partial charge in [0, 0.05) is 18.8 Å². The molecule has 0 atom stereocenters. The van der Waals surface area contributed by atoms with E-state index in [9.17, 15) is 9.18 Å². The average Bonchev–Trinajstić information content (AvgIpc) is 2.18. The number of nitrogens with zero attached hydrogens (tertiary/aromatic N) is 1. The van der Waals surface area contributed by atoms with Gasteiger partial charge in [-0.05, 0) is 32.4 Å². The van der Waals surface area contributed by atoms with Crippen molar-refractivity contribution in [2.45, 2.75) is 32.8 Å². The maximum atomic E-state index is 12.3. The second-order valence-corrected chi connectivity index (χ2v) is 4.60. The lowest BCUT2D eigenvalue weighted by Crippen LogP contribution is -2.27. The molecule has 0 radical (unpaired) electrons. The van der Waals surface area contributed by atoms with Gasteiger partial charge in [-0.2, -0.15) is 0 Å². The van der Waals surface area contributed by atoms with Gasteiger partial charge in [0.2, 0.25) is 0 Å². The van der Waals surface area contributed by atoms with E-state index in [0.717, 1.165) is 0 Å². The van der Waals surface area contributed by atoms with E-state index >= 15 is 0 Å². The Morgan fingerprint density at radius 3 is 2.82 bits per heavy atom. The molecule has 1 aromatic heterocycles. The molecule has 0 aromatic carbocycles. The van der Waals surface area contributed by atoms with Crippen molar-refractivity contribution in [3.63, 3.8) is 0 Å². The van der Waals surface area contributed by atoms with E-state index in [2.05, 4.69) is 10.3 Å². The van der Waals surface area contributed by atoms with Gasteiger partial charge >= 0.3 is 6.09 Å². The van der Waals surface area contributed by atoms with Crippen LogP contribution in [-0.2, 0) is 11.2 Å². The number of rotatable bonds is 3. The normalized spacial score (nSPS) is 11.1. The van der Waals surface area contributed by atoms with Crippen molar-refractivity contribution in [3.05, 3.63) is 24.0 Å². The summed E-state index contributed by atoms with van der Waals surface area (Å²) in [7, 11) is 0. The molecule has 1 N–H and O–H groups in total. The summed E-state index contributed by atoms with van der Waals surface area (Å²) in [4.78, 5) is 15.4. The van der Waals surface area contributed by atoms with Crippen molar-refractivity contribution in [3.8, 4) is 0 Å². The van der Waals surface area contributed by atoms with Crippen molar-refractivity contribution >= 4 is 11.8 Å². The average molecular weight is 240 g/mol. The lowest BCUT2D eigenvalue weighted by atomic mass is 10.2. The van der Waals surface area contributed by atoms with Gasteiger partial charge in [-0.1, -0.05) is 0 Å². The second-order valence-electron chi connectivity index (χ2n) is 4.60. The third kappa shape index (κ3) is 4.80. The zero-order chi connectivity index (χ0) is 12.9. The third-order valence-electron chi connectivity index (χ3n) is 1.90. The van der Waals surface area contributed by atoms with Crippen LogP contribution in [0.2, 0.25) is 0 Å². The van der Waals surface area contributed by atoms with Crippen LogP contribution in [0.1, 0.15) is 26.3 Å². The minimum atomic E-state index is -0.558. The number of aromatic nitrogens is 1. The van der Waals surface area contributed by atoms with Crippen LogP contribution in [0.15, 0.2) is 18.5 Å². The Bertz CT molecular complexity index is 388.